The quantitative estimate of drug-likeness (QED) is 0.643. The molecule has 1 N–H and O–H groups in total. The summed E-state index contributed by atoms with van der Waals surface area (Å²) in [7, 11) is 0. The summed E-state index contributed by atoms with van der Waals surface area (Å²) in [4.78, 5) is 0. The first-order valence-corrected chi connectivity index (χ1v) is 5.21. The Morgan fingerprint density at radius 2 is 1.69 bits per heavy atom. The molecule has 0 amide bonds. The van der Waals surface area contributed by atoms with Gasteiger partial charge < -0.3 is 5.32 Å². The van der Waals surface area contributed by atoms with E-state index in [1.165, 1.54) is 0 Å². The van der Waals surface area contributed by atoms with Crippen molar-refractivity contribution in [1.29, 1.82) is 0 Å². The molecule has 0 aliphatic rings. The van der Waals surface area contributed by atoms with Crippen molar-refractivity contribution in [2.24, 2.45) is 11.8 Å². The zero-order chi connectivity index (χ0) is 10.3. The molecule has 2 unspecified atom stereocenters. The Bertz CT molecular complexity index is 173. The van der Waals surface area contributed by atoms with E-state index in [2.05, 4.69) is 44.9 Å². The highest BCUT2D eigenvalue weighted by Gasteiger charge is 2.10. The van der Waals surface area contributed by atoms with Crippen molar-refractivity contribution in [3.8, 4) is 11.8 Å². The summed E-state index contributed by atoms with van der Waals surface area (Å²) in [5.41, 5.74) is 0. The standard InChI is InChI=1S/C12H23N/c1-6-7-8-11(4)12(5)9-13-10(2)3/h10-13H,8-9H2,1-5H3. The zero-order valence-corrected chi connectivity index (χ0v) is 9.65. The molecule has 0 spiro atoms. The molecule has 76 valence electrons. The van der Waals surface area contributed by atoms with Gasteiger partial charge in [-0.15, -0.1) is 11.8 Å². The molecule has 0 fully saturated rings. The second-order valence-corrected chi connectivity index (χ2v) is 4.15. The van der Waals surface area contributed by atoms with Crippen LogP contribution in [-0.2, 0) is 0 Å². The molecule has 0 aromatic carbocycles. The van der Waals surface area contributed by atoms with Crippen molar-refractivity contribution in [3.63, 3.8) is 0 Å². The highest BCUT2D eigenvalue weighted by atomic mass is 14.9. The monoisotopic (exact) mass is 181 g/mol. The molecule has 0 saturated heterocycles. The van der Waals surface area contributed by atoms with Crippen LogP contribution in [0.5, 0.6) is 0 Å². The molecule has 1 heteroatoms. The van der Waals surface area contributed by atoms with E-state index in [0.717, 1.165) is 13.0 Å². The molecule has 0 aliphatic carbocycles. The van der Waals surface area contributed by atoms with Crippen LogP contribution in [0.25, 0.3) is 0 Å². The molecule has 0 aliphatic heterocycles. The normalized spacial score (nSPS) is 14.9. The third-order valence-electron chi connectivity index (χ3n) is 2.42. The summed E-state index contributed by atoms with van der Waals surface area (Å²) in [6, 6.07) is 0.590. The highest BCUT2D eigenvalue weighted by molar-refractivity contribution is 4.96. The van der Waals surface area contributed by atoms with Crippen LogP contribution in [0.2, 0.25) is 0 Å². The van der Waals surface area contributed by atoms with Crippen molar-refractivity contribution in [2.45, 2.75) is 47.1 Å². The minimum atomic E-state index is 0.590. The number of nitrogens with one attached hydrogen (secondary N) is 1. The fraction of sp³-hybridized carbons (Fsp3) is 0.833. The third-order valence-corrected chi connectivity index (χ3v) is 2.42. The van der Waals surface area contributed by atoms with Gasteiger partial charge in [-0.3, -0.25) is 0 Å². The van der Waals surface area contributed by atoms with Gasteiger partial charge in [-0.05, 0) is 25.3 Å². The summed E-state index contributed by atoms with van der Waals surface area (Å²) < 4.78 is 0. The van der Waals surface area contributed by atoms with Crippen LogP contribution in [0.15, 0.2) is 0 Å². The van der Waals surface area contributed by atoms with Crippen molar-refractivity contribution in [2.75, 3.05) is 6.54 Å². The fourth-order valence-corrected chi connectivity index (χ4v) is 1.09. The van der Waals surface area contributed by atoms with Crippen LogP contribution in [0.3, 0.4) is 0 Å². The molecule has 0 heterocycles. The molecule has 0 saturated carbocycles. The first-order chi connectivity index (χ1) is 6.07. The second-order valence-electron chi connectivity index (χ2n) is 4.15. The van der Waals surface area contributed by atoms with Gasteiger partial charge in [0.15, 0.2) is 0 Å². The molecular formula is C12H23N. The summed E-state index contributed by atoms with van der Waals surface area (Å²) in [6.07, 6.45) is 1.03. The van der Waals surface area contributed by atoms with Crippen LogP contribution in [0, 0.1) is 23.7 Å². The van der Waals surface area contributed by atoms with Gasteiger partial charge in [0.05, 0.1) is 0 Å². The third kappa shape index (κ3) is 6.66. The first-order valence-electron chi connectivity index (χ1n) is 5.21. The highest BCUT2D eigenvalue weighted by Crippen LogP contribution is 2.13. The second kappa shape index (κ2) is 6.97. The predicted octanol–water partition coefficient (Wildman–Crippen LogP) is 2.67. The van der Waals surface area contributed by atoms with Gasteiger partial charge in [0.1, 0.15) is 0 Å². The van der Waals surface area contributed by atoms with Crippen molar-refractivity contribution in [3.05, 3.63) is 0 Å². The topological polar surface area (TPSA) is 12.0 Å². The lowest BCUT2D eigenvalue weighted by Crippen LogP contribution is -2.30. The van der Waals surface area contributed by atoms with E-state index in [4.69, 9.17) is 0 Å². The molecule has 0 bridgehead atoms. The van der Waals surface area contributed by atoms with Crippen LogP contribution in [0.1, 0.15) is 41.0 Å². The van der Waals surface area contributed by atoms with Crippen molar-refractivity contribution < 1.29 is 0 Å². The summed E-state index contributed by atoms with van der Waals surface area (Å²) in [5.74, 6) is 7.49. The van der Waals surface area contributed by atoms with E-state index >= 15 is 0 Å². The lowest BCUT2D eigenvalue weighted by Gasteiger charge is -2.19. The average Bonchev–Trinajstić information content (AvgIpc) is 2.10. The Balaban J connectivity index is 3.66. The summed E-state index contributed by atoms with van der Waals surface area (Å²) in [6.45, 7) is 11.9. The van der Waals surface area contributed by atoms with E-state index in [0.29, 0.717) is 17.9 Å². The maximum atomic E-state index is 3.45. The van der Waals surface area contributed by atoms with Gasteiger partial charge in [-0.1, -0.05) is 27.7 Å². The summed E-state index contributed by atoms with van der Waals surface area (Å²) >= 11 is 0. The van der Waals surface area contributed by atoms with E-state index in [-0.39, 0.29) is 0 Å². The van der Waals surface area contributed by atoms with Crippen LogP contribution >= 0.6 is 0 Å². The van der Waals surface area contributed by atoms with E-state index in [9.17, 15) is 0 Å². The molecule has 0 radical (unpaired) electrons. The Kier molecular flexibility index (Phi) is 6.72. The van der Waals surface area contributed by atoms with Gasteiger partial charge in [-0.2, -0.15) is 0 Å². The molecule has 0 aromatic rings. The van der Waals surface area contributed by atoms with Gasteiger partial charge in [0.25, 0.3) is 0 Å². The molecule has 0 aromatic heterocycles. The zero-order valence-electron chi connectivity index (χ0n) is 9.65. The average molecular weight is 181 g/mol. The molecule has 1 nitrogen and oxygen atoms in total. The largest absolute Gasteiger partial charge is 0.314 e. The molecule has 0 rings (SSSR count). The minimum absolute atomic E-state index is 0.590. The van der Waals surface area contributed by atoms with E-state index in [1.54, 1.807) is 0 Å². The molecule has 2 atom stereocenters. The van der Waals surface area contributed by atoms with Gasteiger partial charge in [-0.25, -0.2) is 0 Å². The van der Waals surface area contributed by atoms with E-state index in [1.807, 2.05) is 6.92 Å². The van der Waals surface area contributed by atoms with Crippen molar-refractivity contribution in [1.82, 2.24) is 5.32 Å². The van der Waals surface area contributed by atoms with Gasteiger partial charge in [0.2, 0.25) is 0 Å². The Labute approximate surface area is 83.3 Å². The SMILES string of the molecule is CC#CCC(C)C(C)CNC(C)C. The Hall–Kier alpha value is -0.480. The lowest BCUT2D eigenvalue weighted by molar-refractivity contribution is 0.361. The summed E-state index contributed by atoms with van der Waals surface area (Å²) in [5, 5.41) is 3.45. The maximum absolute atomic E-state index is 3.45. The molecule has 13 heavy (non-hydrogen) atoms. The Morgan fingerprint density at radius 3 is 2.15 bits per heavy atom. The number of rotatable bonds is 5. The number of hydrogen-bond donors (Lipinski definition) is 1. The first kappa shape index (κ1) is 12.5. The van der Waals surface area contributed by atoms with Crippen LogP contribution in [-0.4, -0.2) is 12.6 Å². The van der Waals surface area contributed by atoms with Crippen LogP contribution < -0.4 is 5.32 Å². The van der Waals surface area contributed by atoms with Gasteiger partial charge in [0, 0.05) is 12.5 Å². The van der Waals surface area contributed by atoms with Crippen LogP contribution in [0.4, 0.5) is 0 Å². The van der Waals surface area contributed by atoms with E-state index < -0.39 is 0 Å². The number of hydrogen-bond acceptors (Lipinski definition) is 1. The van der Waals surface area contributed by atoms with Gasteiger partial charge >= 0.3 is 0 Å². The Morgan fingerprint density at radius 1 is 1.08 bits per heavy atom. The minimum Gasteiger partial charge on any atom is -0.314 e. The fourth-order valence-electron chi connectivity index (χ4n) is 1.09. The molecular weight excluding hydrogens is 158 g/mol. The maximum Gasteiger partial charge on any atom is 0.0117 e. The van der Waals surface area contributed by atoms with Crippen molar-refractivity contribution >= 4 is 0 Å². The smallest absolute Gasteiger partial charge is 0.0117 e. The predicted molar refractivity (Wildman–Crippen MR) is 59.5 cm³/mol. The lowest BCUT2D eigenvalue weighted by atomic mass is 9.93.